The van der Waals surface area contributed by atoms with Crippen molar-refractivity contribution in [3.8, 4) is 11.5 Å². The first-order valence-corrected chi connectivity index (χ1v) is 14.5. The first-order valence-electron chi connectivity index (χ1n) is 12.9. The number of carbonyl (C=O) groups excluding carboxylic acids is 1. The molecular weight excluding hydrogens is 604 g/mol. The van der Waals surface area contributed by atoms with E-state index in [9.17, 15) is 4.79 Å². The monoisotopic (exact) mass is 630 g/mol. The zero-order valence-electron chi connectivity index (χ0n) is 21.3. The topological polar surface area (TPSA) is 35.5 Å². The van der Waals surface area contributed by atoms with E-state index >= 15 is 0 Å². The third-order valence-electron chi connectivity index (χ3n) is 8.26. The highest BCUT2D eigenvalue weighted by molar-refractivity contribution is 9.10. The number of ether oxygens (including phenoxy) is 2. The van der Waals surface area contributed by atoms with Crippen molar-refractivity contribution in [2.75, 3.05) is 14.2 Å². The minimum absolute atomic E-state index is 0.0275. The molecule has 2 aliphatic rings. The molecule has 0 saturated carbocycles. The van der Waals surface area contributed by atoms with Gasteiger partial charge < -0.3 is 9.47 Å². The average molecular weight is 632 g/mol. The van der Waals surface area contributed by atoms with E-state index in [-0.39, 0.29) is 23.5 Å². The third kappa shape index (κ3) is 4.11. The highest BCUT2D eigenvalue weighted by Crippen LogP contribution is 2.62. The van der Waals surface area contributed by atoms with Crippen molar-refractivity contribution in [2.24, 2.45) is 0 Å². The van der Waals surface area contributed by atoms with Gasteiger partial charge in [-0.2, -0.15) is 0 Å². The van der Waals surface area contributed by atoms with Crippen LogP contribution in [0, 0.1) is 0 Å². The average Bonchev–Trinajstić information content (AvgIpc) is 3.33. The van der Waals surface area contributed by atoms with E-state index in [1.54, 1.807) is 14.2 Å². The van der Waals surface area contributed by atoms with Crippen molar-refractivity contribution in [1.29, 1.82) is 0 Å². The van der Waals surface area contributed by atoms with Crippen LogP contribution in [0.3, 0.4) is 0 Å². The van der Waals surface area contributed by atoms with Crippen LogP contribution in [0.1, 0.15) is 74.7 Å². The molecule has 0 radical (unpaired) electrons. The molecule has 0 aliphatic heterocycles. The lowest BCUT2D eigenvalue weighted by Crippen LogP contribution is -2.28. The normalized spacial score (nSPS) is 21.6. The number of hydrogen-bond acceptors (Lipinski definition) is 3. The van der Waals surface area contributed by atoms with Crippen LogP contribution in [0.15, 0.2) is 93.9 Å². The number of hydrogen-bond donors (Lipinski definition) is 0. The molecule has 38 heavy (non-hydrogen) atoms. The predicted molar refractivity (Wildman–Crippen MR) is 158 cm³/mol. The standard InChI is InChI=1S/C33H28Br2O3/c1-37-28-18-25-29-20(17-24(31(29)33(28)38-2)22-13-7-9-15-27(22)35)16-23(21-12-6-8-14-26(21)34)30(25)32(36)19-10-4-3-5-11-19/h3-15,18,20,23-24,30H,16-17H2,1-2H3/t20-,23-,24+,30-/m0/s1. The number of benzene rings is 4. The van der Waals surface area contributed by atoms with Crippen LogP contribution in [0.5, 0.6) is 11.5 Å². The predicted octanol–water partition coefficient (Wildman–Crippen LogP) is 9.00. The number of ketones is 1. The molecule has 4 aromatic carbocycles. The summed E-state index contributed by atoms with van der Waals surface area (Å²) in [6.45, 7) is 0. The van der Waals surface area contributed by atoms with Crippen molar-refractivity contribution in [1.82, 2.24) is 0 Å². The Labute approximate surface area is 240 Å². The van der Waals surface area contributed by atoms with E-state index in [1.165, 1.54) is 16.7 Å². The van der Waals surface area contributed by atoms with Crippen molar-refractivity contribution in [3.63, 3.8) is 0 Å². The van der Waals surface area contributed by atoms with Crippen LogP contribution < -0.4 is 9.47 Å². The number of carbonyl (C=O) groups is 1. The zero-order valence-corrected chi connectivity index (χ0v) is 24.5. The number of halogens is 2. The zero-order chi connectivity index (χ0) is 26.4. The molecule has 4 atom stereocenters. The van der Waals surface area contributed by atoms with Crippen molar-refractivity contribution in [2.45, 2.75) is 36.5 Å². The maximum Gasteiger partial charge on any atom is 0.170 e. The Balaban J connectivity index is 1.62. The molecule has 0 bridgehead atoms. The smallest absolute Gasteiger partial charge is 0.170 e. The molecule has 6 rings (SSSR count). The molecule has 0 unspecified atom stereocenters. The summed E-state index contributed by atoms with van der Waals surface area (Å²) >= 11 is 7.61. The molecule has 3 nitrogen and oxygen atoms in total. The molecule has 0 N–H and O–H groups in total. The molecule has 192 valence electrons. The van der Waals surface area contributed by atoms with E-state index in [2.05, 4.69) is 74.3 Å². The molecule has 0 amide bonds. The maximum atomic E-state index is 14.4. The molecular formula is C33H28Br2O3. The quantitative estimate of drug-likeness (QED) is 0.199. The highest BCUT2D eigenvalue weighted by atomic mass is 79.9. The van der Waals surface area contributed by atoms with Gasteiger partial charge in [0.1, 0.15) is 0 Å². The Kier molecular flexibility index (Phi) is 6.92. The molecule has 2 aliphatic carbocycles. The number of rotatable bonds is 6. The first-order chi connectivity index (χ1) is 18.5. The van der Waals surface area contributed by atoms with Gasteiger partial charge in [0.15, 0.2) is 17.3 Å². The van der Waals surface area contributed by atoms with Gasteiger partial charge in [0.2, 0.25) is 0 Å². The third-order valence-corrected chi connectivity index (χ3v) is 9.70. The minimum atomic E-state index is -0.334. The molecule has 0 spiro atoms. The van der Waals surface area contributed by atoms with Crippen LogP contribution in [-0.4, -0.2) is 20.0 Å². The van der Waals surface area contributed by atoms with E-state index in [4.69, 9.17) is 9.47 Å². The van der Waals surface area contributed by atoms with E-state index in [0.29, 0.717) is 11.7 Å². The first kappa shape index (κ1) is 25.4. The van der Waals surface area contributed by atoms with Crippen molar-refractivity contribution >= 4 is 37.6 Å². The van der Waals surface area contributed by atoms with Crippen LogP contribution >= 0.6 is 31.9 Å². The summed E-state index contributed by atoms with van der Waals surface area (Å²) in [5.41, 5.74) is 6.64. The molecule has 0 saturated heterocycles. The second-order valence-corrected chi connectivity index (χ2v) is 11.8. The molecule has 0 heterocycles. The Morgan fingerprint density at radius 1 is 0.737 bits per heavy atom. The molecule has 0 fully saturated rings. The highest BCUT2D eigenvalue weighted by Gasteiger charge is 2.48. The number of methoxy groups -OCH3 is 2. The SMILES string of the molecule is COc1cc2c3c(c1OC)[C@@H](c1ccccc1Br)C[C@@H]3C[C@@H](c1ccccc1Br)[C@@H]2C(=O)c1ccccc1. The van der Waals surface area contributed by atoms with Crippen LogP contribution in [-0.2, 0) is 0 Å². The second kappa shape index (κ2) is 10.3. The van der Waals surface area contributed by atoms with E-state index in [0.717, 1.165) is 44.2 Å². The van der Waals surface area contributed by atoms with Gasteiger partial charge in [-0.1, -0.05) is 98.6 Å². The van der Waals surface area contributed by atoms with Gasteiger partial charge in [-0.15, -0.1) is 0 Å². The maximum absolute atomic E-state index is 14.4. The Bertz CT molecular complexity index is 1510. The fourth-order valence-electron chi connectivity index (χ4n) is 6.74. The molecule has 4 aromatic rings. The summed E-state index contributed by atoms with van der Waals surface area (Å²) in [4.78, 5) is 14.4. The second-order valence-electron chi connectivity index (χ2n) is 10.1. The van der Waals surface area contributed by atoms with Crippen molar-refractivity contribution in [3.05, 3.63) is 127 Å². The molecule has 5 heteroatoms. The lowest BCUT2D eigenvalue weighted by Gasteiger charge is -2.37. The Morgan fingerprint density at radius 3 is 2.00 bits per heavy atom. The van der Waals surface area contributed by atoms with Gasteiger partial charge in [-0.05, 0) is 65.1 Å². The van der Waals surface area contributed by atoms with E-state index < -0.39 is 0 Å². The minimum Gasteiger partial charge on any atom is -0.493 e. The summed E-state index contributed by atoms with van der Waals surface area (Å²) in [7, 11) is 3.39. The van der Waals surface area contributed by atoms with Crippen LogP contribution in [0.4, 0.5) is 0 Å². The van der Waals surface area contributed by atoms with Crippen molar-refractivity contribution < 1.29 is 14.3 Å². The summed E-state index contributed by atoms with van der Waals surface area (Å²) in [6.07, 6.45) is 1.85. The number of Topliss-reactive ketones (excluding diaryl/α,β-unsaturated/α-hetero) is 1. The fourth-order valence-corrected chi connectivity index (χ4v) is 7.88. The van der Waals surface area contributed by atoms with E-state index in [1.807, 2.05) is 42.5 Å². The fraction of sp³-hybridized carbons (Fsp3) is 0.242. The Morgan fingerprint density at radius 2 is 1.37 bits per heavy atom. The lowest BCUT2D eigenvalue weighted by molar-refractivity contribution is 0.0937. The van der Waals surface area contributed by atoms with Gasteiger partial charge in [-0.25, -0.2) is 0 Å². The van der Waals surface area contributed by atoms with Gasteiger partial charge >= 0.3 is 0 Å². The van der Waals surface area contributed by atoms with Crippen LogP contribution in [0.25, 0.3) is 0 Å². The van der Waals surface area contributed by atoms with Gasteiger partial charge in [0.05, 0.1) is 20.1 Å². The largest absolute Gasteiger partial charge is 0.493 e. The summed E-state index contributed by atoms with van der Waals surface area (Å²) < 4.78 is 14.1. The van der Waals surface area contributed by atoms with Gasteiger partial charge in [0.25, 0.3) is 0 Å². The Hall–Kier alpha value is -2.89. The summed E-state index contributed by atoms with van der Waals surface area (Å²) in [5.74, 6) is 1.73. The lowest BCUT2D eigenvalue weighted by atomic mass is 9.66. The van der Waals surface area contributed by atoms with Gasteiger partial charge in [-0.3, -0.25) is 4.79 Å². The van der Waals surface area contributed by atoms with Crippen LogP contribution in [0.2, 0.25) is 0 Å². The van der Waals surface area contributed by atoms with Gasteiger partial charge in [0, 0.05) is 26.0 Å². The molecule has 0 aromatic heterocycles. The summed E-state index contributed by atoms with van der Waals surface area (Å²) in [5, 5.41) is 0. The summed E-state index contributed by atoms with van der Waals surface area (Å²) in [6, 6.07) is 28.5.